The van der Waals surface area contributed by atoms with Gasteiger partial charge in [0.2, 0.25) is 0 Å². The van der Waals surface area contributed by atoms with Gasteiger partial charge in [0.05, 0.1) is 0 Å². The van der Waals surface area contributed by atoms with E-state index in [0.717, 1.165) is 36.5 Å². The Morgan fingerprint density at radius 3 is 3.00 bits per heavy atom. The van der Waals surface area contributed by atoms with Crippen LogP contribution in [0.3, 0.4) is 0 Å². The van der Waals surface area contributed by atoms with Gasteiger partial charge in [0.15, 0.2) is 0 Å². The molecule has 0 bridgehead atoms. The minimum atomic E-state index is -0.179. The standard InChI is InChI=1S/C13H16FN3/c1-10-8-12(14)3-2-11(10)9-15-5-4-13-16-6-7-17-13/h2-3,6-8,15H,4-5,9H2,1H3,(H,16,17). The first-order chi connectivity index (χ1) is 8.25. The van der Waals surface area contributed by atoms with Crippen LogP contribution in [0, 0.1) is 12.7 Å². The van der Waals surface area contributed by atoms with E-state index in [2.05, 4.69) is 15.3 Å². The van der Waals surface area contributed by atoms with Crippen molar-refractivity contribution >= 4 is 0 Å². The van der Waals surface area contributed by atoms with Crippen molar-refractivity contribution in [1.29, 1.82) is 0 Å². The fourth-order valence-electron chi connectivity index (χ4n) is 1.72. The molecule has 0 atom stereocenters. The second kappa shape index (κ2) is 5.59. The first-order valence-corrected chi connectivity index (χ1v) is 5.70. The Balaban J connectivity index is 1.78. The Kier molecular flexibility index (Phi) is 3.88. The van der Waals surface area contributed by atoms with Crippen molar-refractivity contribution in [3.05, 3.63) is 53.4 Å². The fraction of sp³-hybridized carbons (Fsp3) is 0.308. The van der Waals surface area contributed by atoms with Crippen molar-refractivity contribution in [3.8, 4) is 0 Å². The first-order valence-electron chi connectivity index (χ1n) is 5.70. The van der Waals surface area contributed by atoms with Gasteiger partial charge in [0.25, 0.3) is 0 Å². The van der Waals surface area contributed by atoms with Crippen LogP contribution in [0.4, 0.5) is 4.39 Å². The Morgan fingerprint density at radius 2 is 2.29 bits per heavy atom. The lowest BCUT2D eigenvalue weighted by molar-refractivity contribution is 0.622. The Bertz CT molecular complexity index is 466. The number of hydrogen-bond donors (Lipinski definition) is 2. The minimum absolute atomic E-state index is 0.179. The lowest BCUT2D eigenvalue weighted by Gasteiger charge is -2.07. The van der Waals surface area contributed by atoms with Crippen molar-refractivity contribution in [3.63, 3.8) is 0 Å². The van der Waals surface area contributed by atoms with Crippen molar-refractivity contribution in [2.45, 2.75) is 19.9 Å². The van der Waals surface area contributed by atoms with Gasteiger partial charge in [0, 0.05) is 31.9 Å². The summed E-state index contributed by atoms with van der Waals surface area (Å²) in [6.07, 6.45) is 4.44. The number of halogens is 1. The van der Waals surface area contributed by atoms with Gasteiger partial charge < -0.3 is 10.3 Å². The summed E-state index contributed by atoms with van der Waals surface area (Å²) >= 11 is 0. The molecule has 0 aliphatic heterocycles. The number of nitrogens with one attached hydrogen (secondary N) is 2. The van der Waals surface area contributed by atoms with E-state index >= 15 is 0 Å². The molecular formula is C13H16FN3. The Labute approximate surface area is 100 Å². The summed E-state index contributed by atoms with van der Waals surface area (Å²) in [5.74, 6) is 0.801. The van der Waals surface area contributed by atoms with E-state index in [-0.39, 0.29) is 5.82 Å². The number of hydrogen-bond acceptors (Lipinski definition) is 2. The maximum atomic E-state index is 12.9. The largest absolute Gasteiger partial charge is 0.349 e. The lowest BCUT2D eigenvalue weighted by atomic mass is 10.1. The number of aromatic amines is 1. The van der Waals surface area contributed by atoms with Crippen molar-refractivity contribution in [1.82, 2.24) is 15.3 Å². The number of aryl methyl sites for hydroxylation is 1. The third-order valence-electron chi connectivity index (χ3n) is 2.71. The highest BCUT2D eigenvalue weighted by Gasteiger charge is 2.00. The smallest absolute Gasteiger partial charge is 0.123 e. The molecule has 0 aliphatic rings. The summed E-state index contributed by atoms with van der Waals surface area (Å²) in [7, 11) is 0. The molecule has 4 heteroatoms. The van der Waals surface area contributed by atoms with Gasteiger partial charge in [0.1, 0.15) is 11.6 Å². The molecule has 0 aliphatic carbocycles. The summed E-state index contributed by atoms with van der Waals surface area (Å²) in [6, 6.07) is 4.88. The number of nitrogens with zero attached hydrogens (tertiary/aromatic N) is 1. The molecule has 1 aromatic heterocycles. The maximum Gasteiger partial charge on any atom is 0.123 e. The maximum absolute atomic E-state index is 12.9. The Hall–Kier alpha value is -1.68. The highest BCUT2D eigenvalue weighted by atomic mass is 19.1. The predicted octanol–water partition coefficient (Wildman–Crippen LogP) is 2.19. The molecule has 0 unspecified atom stereocenters. The van der Waals surface area contributed by atoms with Gasteiger partial charge in [-0.15, -0.1) is 0 Å². The van der Waals surface area contributed by atoms with E-state index in [1.807, 2.05) is 19.2 Å². The van der Waals surface area contributed by atoms with Gasteiger partial charge in [-0.1, -0.05) is 6.07 Å². The monoisotopic (exact) mass is 233 g/mol. The van der Waals surface area contributed by atoms with E-state index in [1.165, 1.54) is 6.07 Å². The van der Waals surface area contributed by atoms with Crippen LogP contribution < -0.4 is 5.32 Å². The molecule has 0 spiro atoms. The van der Waals surface area contributed by atoms with Gasteiger partial charge in [-0.2, -0.15) is 0 Å². The van der Waals surface area contributed by atoms with Crippen LogP contribution in [0.5, 0.6) is 0 Å². The molecule has 90 valence electrons. The lowest BCUT2D eigenvalue weighted by Crippen LogP contribution is -2.17. The van der Waals surface area contributed by atoms with E-state index in [9.17, 15) is 4.39 Å². The van der Waals surface area contributed by atoms with E-state index in [4.69, 9.17) is 0 Å². The number of benzene rings is 1. The highest BCUT2D eigenvalue weighted by molar-refractivity contribution is 5.26. The van der Waals surface area contributed by atoms with Crippen LogP contribution in [-0.4, -0.2) is 16.5 Å². The third-order valence-corrected chi connectivity index (χ3v) is 2.71. The quantitative estimate of drug-likeness (QED) is 0.777. The SMILES string of the molecule is Cc1cc(F)ccc1CNCCc1ncc[nH]1. The summed E-state index contributed by atoms with van der Waals surface area (Å²) in [6.45, 7) is 3.53. The molecular weight excluding hydrogens is 217 g/mol. The van der Waals surface area contributed by atoms with Crippen LogP contribution in [0.15, 0.2) is 30.6 Å². The molecule has 1 aromatic carbocycles. The molecule has 3 nitrogen and oxygen atoms in total. The topological polar surface area (TPSA) is 40.7 Å². The molecule has 0 fully saturated rings. The number of H-pyrrole nitrogens is 1. The number of imidazole rings is 1. The second-order valence-corrected chi connectivity index (χ2v) is 4.03. The summed E-state index contributed by atoms with van der Waals surface area (Å²) in [4.78, 5) is 7.20. The first kappa shape index (κ1) is 11.8. The average molecular weight is 233 g/mol. The zero-order valence-corrected chi connectivity index (χ0v) is 9.83. The second-order valence-electron chi connectivity index (χ2n) is 4.03. The molecule has 2 N–H and O–H groups in total. The van der Waals surface area contributed by atoms with Crippen LogP contribution in [0.1, 0.15) is 17.0 Å². The molecule has 0 saturated carbocycles. The van der Waals surface area contributed by atoms with Crippen LogP contribution >= 0.6 is 0 Å². The summed E-state index contributed by atoms with van der Waals surface area (Å²) < 4.78 is 12.9. The molecule has 2 rings (SSSR count). The van der Waals surface area contributed by atoms with Crippen molar-refractivity contribution in [2.75, 3.05) is 6.54 Å². The predicted molar refractivity (Wildman–Crippen MR) is 65.1 cm³/mol. The van der Waals surface area contributed by atoms with Gasteiger partial charge in [-0.3, -0.25) is 0 Å². The van der Waals surface area contributed by atoms with Gasteiger partial charge in [-0.25, -0.2) is 9.37 Å². The van der Waals surface area contributed by atoms with Crippen molar-refractivity contribution < 1.29 is 4.39 Å². The minimum Gasteiger partial charge on any atom is -0.349 e. The summed E-state index contributed by atoms with van der Waals surface area (Å²) in [5, 5.41) is 3.32. The Morgan fingerprint density at radius 1 is 1.41 bits per heavy atom. The highest BCUT2D eigenvalue weighted by Crippen LogP contribution is 2.09. The zero-order valence-electron chi connectivity index (χ0n) is 9.83. The van der Waals surface area contributed by atoms with Crippen molar-refractivity contribution in [2.24, 2.45) is 0 Å². The molecule has 0 amide bonds. The third kappa shape index (κ3) is 3.39. The number of aromatic nitrogens is 2. The van der Waals surface area contributed by atoms with Crippen LogP contribution in [0.2, 0.25) is 0 Å². The van der Waals surface area contributed by atoms with E-state index in [0.29, 0.717) is 0 Å². The zero-order chi connectivity index (χ0) is 12.1. The van der Waals surface area contributed by atoms with Crippen LogP contribution in [-0.2, 0) is 13.0 Å². The normalized spacial score (nSPS) is 10.7. The molecule has 0 saturated heterocycles. The molecule has 0 radical (unpaired) electrons. The number of rotatable bonds is 5. The van der Waals surface area contributed by atoms with Gasteiger partial charge >= 0.3 is 0 Å². The average Bonchev–Trinajstić information content (AvgIpc) is 2.79. The van der Waals surface area contributed by atoms with E-state index in [1.54, 1.807) is 12.3 Å². The molecule has 17 heavy (non-hydrogen) atoms. The molecule has 1 heterocycles. The van der Waals surface area contributed by atoms with Crippen LogP contribution in [0.25, 0.3) is 0 Å². The fourth-order valence-corrected chi connectivity index (χ4v) is 1.72. The summed E-state index contributed by atoms with van der Waals surface area (Å²) in [5.41, 5.74) is 2.11. The van der Waals surface area contributed by atoms with Gasteiger partial charge in [-0.05, 0) is 30.2 Å². The van der Waals surface area contributed by atoms with E-state index < -0.39 is 0 Å². The molecule has 2 aromatic rings.